The van der Waals surface area contributed by atoms with E-state index in [1.165, 1.54) is 0 Å². The zero-order valence-corrected chi connectivity index (χ0v) is 12.8. The third-order valence-corrected chi connectivity index (χ3v) is 3.61. The van der Waals surface area contributed by atoms with E-state index in [4.69, 9.17) is 14.3 Å². The molecule has 0 amide bonds. The number of ether oxygens (including phenoxy) is 1. The second-order valence-electron chi connectivity index (χ2n) is 5.25. The van der Waals surface area contributed by atoms with Crippen LogP contribution in [0.5, 0.6) is 5.75 Å². The maximum atomic E-state index is 12.0. The Morgan fingerprint density at radius 1 is 1.36 bits per heavy atom. The molecule has 0 unspecified atom stereocenters. The molecule has 5 heteroatoms. The lowest BCUT2D eigenvalue weighted by Crippen LogP contribution is -2.12. The fraction of sp³-hybridized carbons (Fsp3) is 0.412. The largest absolute Gasteiger partial charge is 0.493 e. The SMILES string of the molecule is CCCCOc1ccc2c(C)c(CCC(=O)O)c(=O)oc2c1. The lowest BCUT2D eigenvalue weighted by atomic mass is 10.0. The minimum atomic E-state index is -0.932. The normalized spacial score (nSPS) is 10.8. The summed E-state index contributed by atoms with van der Waals surface area (Å²) in [5.41, 5.74) is 1.19. The van der Waals surface area contributed by atoms with Gasteiger partial charge in [0.1, 0.15) is 11.3 Å². The molecule has 1 aromatic carbocycles. The highest BCUT2D eigenvalue weighted by Crippen LogP contribution is 2.24. The first-order valence-corrected chi connectivity index (χ1v) is 7.44. The van der Waals surface area contributed by atoms with Crippen molar-refractivity contribution in [1.82, 2.24) is 0 Å². The third kappa shape index (κ3) is 3.67. The highest BCUT2D eigenvalue weighted by molar-refractivity contribution is 5.82. The lowest BCUT2D eigenvalue weighted by Gasteiger charge is -2.09. The molecule has 1 heterocycles. The van der Waals surface area contributed by atoms with Gasteiger partial charge in [0.2, 0.25) is 0 Å². The summed E-state index contributed by atoms with van der Waals surface area (Å²) in [6.45, 7) is 4.53. The van der Waals surface area contributed by atoms with E-state index in [9.17, 15) is 9.59 Å². The van der Waals surface area contributed by atoms with E-state index in [1.54, 1.807) is 6.07 Å². The Labute approximate surface area is 128 Å². The Morgan fingerprint density at radius 3 is 2.82 bits per heavy atom. The quantitative estimate of drug-likeness (QED) is 0.627. The Balaban J connectivity index is 2.34. The molecule has 0 spiro atoms. The van der Waals surface area contributed by atoms with E-state index in [0.717, 1.165) is 23.8 Å². The van der Waals surface area contributed by atoms with Crippen LogP contribution in [0.3, 0.4) is 0 Å². The van der Waals surface area contributed by atoms with Crippen LogP contribution in [0.4, 0.5) is 0 Å². The Bertz CT molecular complexity index is 730. The van der Waals surface area contributed by atoms with Crippen molar-refractivity contribution < 1.29 is 19.1 Å². The minimum Gasteiger partial charge on any atom is -0.493 e. The van der Waals surface area contributed by atoms with Crippen LogP contribution in [-0.2, 0) is 11.2 Å². The maximum Gasteiger partial charge on any atom is 0.339 e. The summed E-state index contributed by atoms with van der Waals surface area (Å²) in [6, 6.07) is 5.39. The number of carboxylic acids is 1. The predicted octanol–water partition coefficient (Wildman–Crippen LogP) is 3.30. The number of hydrogen-bond acceptors (Lipinski definition) is 4. The average Bonchev–Trinajstić information content (AvgIpc) is 2.46. The Hall–Kier alpha value is -2.30. The number of aryl methyl sites for hydroxylation is 1. The molecule has 118 valence electrons. The molecule has 0 fully saturated rings. The standard InChI is InChI=1S/C17H20O5/c1-3-4-9-21-12-5-6-13-11(2)14(7-8-16(18)19)17(20)22-15(13)10-12/h5-6,10H,3-4,7-9H2,1-2H3,(H,18,19). The fourth-order valence-corrected chi connectivity index (χ4v) is 2.32. The number of carbonyl (C=O) groups is 1. The second kappa shape index (κ2) is 7.11. The molecule has 0 bridgehead atoms. The maximum absolute atomic E-state index is 12.0. The topological polar surface area (TPSA) is 76.7 Å². The van der Waals surface area contributed by atoms with Gasteiger partial charge in [-0.25, -0.2) is 4.79 Å². The fourth-order valence-electron chi connectivity index (χ4n) is 2.32. The number of unbranched alkanes of at least 4 members (excludes halogenated alkanes) is 1. The summed E-state index contributed by atoms with van der Waals surface area (Å²) >= 11 is 0. The Morgan fingerprint density at radius 2 is 2.14 bits per heavy atom. The van der Waals surface area contributed by atoms with Crippen LogP contribution in [0.2, 0.25) is 0 Å². The molecule has 0 aliphatic carbocycles. The van der Waals surface area contributed by atoms with Crippen LogP contribution >= 0.6 is 0 Å². The van der Waals surface area contributed by atoms with Crippen LogP contribution < -0.4 is 10.4 Å². The molecular weight excluding hydrogens is 284 g/mol. The summed E-state index contributed by atoms with van der Waals surface area (Å²) in [7, 11) is 0. The first-order valence-electron chi connectivity index (χ1n) is 7.44. The molecule has 2 aromatic rings. The van der Waals surface area contributed by atoms with E-state index in [-0.39, 0.29) is 12.8 Å². The number of benzene rings is 1. The molecule has 2 rings (SSSR count). The highest BCUT2D eigenvalue weighted by Gasteiger charge is 2.13. The van der Waals surface area contributed by atoms with E-state index in [2.05, 4.69) is 6.92 Å². The van der Waals surface area contributed by atoms with Crippen molar-refractivity contribution in [2.75, 3.05) is 6.61 Å². The van der Waals surface area contributed by atoms with Crippen LogP contribution in [0.25, 0.3) is 11.0 Å². The van der Waals surface area contributed by atoms with Gasteiger partial charge in [-0.05, 0) is 37.5 Å². The van der Waals surface area contributed by atoms with Gasteiger partial charge in [-0.2, -0.15) is 0 Å². The van der Waals surface area contributed by atoms with Gasteiger partial charge in [-0.15, -0.1) is 0 Å². The van der Waals surface area contributed by atoms with Crippen molar-refractivity contribution in [2.45, 2.75) is 39.5 Å². The summed E-state index contributed by atoms with van der Waals surface area (Å²) in [5.74, 6) is -0.264. The predicted molar refractivity (Wildman–Crippen MR) is 83.6 cm³/mol. The minimum absolute atomic E-state index is 0.0880. The molecule has 0 saturated carbocycles. The molecule has 0 atom stereocenters. The second-order valence-corrected chi connectivity index (χ2v) is 5.25. The van der Waals surface area contributed by atoms with Gasteiger partial charge in [-0.3, -0.25) is 4.79 Å². The van der Waals surface area contributed by atoms with Crippen molar-refractivity contribution in [3.05, 3.63) is 39.7 Å². The summed E-state index contributed by atoms with van der Waals surface area (Å²) in [6.07, 6.45) is 2.10. The van der Waals surface area contributed by atoms with Crippen molar-refractivity contribution in [3.8, 4) is 5.75 Å². The summed E-state index contributed by atoms with van der Waals surface area (Å²) in [4.78, 5) is 22.7. The van der Waals surface area contributed by atoms with E-state index >= 15 is 0 Å². The van der Waals surface area contributed by atoms with Gasteiger partial charge >= 0.3 is 11.6 Å². The smallest absolute Gasteiger partial charge is 0.339 e. The highest BCUT2D eigenvalue weighted by atomic mass is 16.5. The van der Waals surface area contributed by atoms with Crippen LogP contribution in [0.15, 0.2) is 27.4 Å². The molecular formula is C17H20O5. The van der Waals surface area contributed by atoms with Gasteiger partial charge in [0.25, 0.3) is 0 Å². The van der Waals surface area contributed by atoms with E-state index in [1.807, 2.05) is 19.1 Å². The molecule has 1 N–H and O–H groups in total. The molecule has 0 aliphatic heterocycles. The van der Waals surface area contributed by atoms with Crippen LogP contribution in [0, 0.1) is 6.92 Å². The average molecular weight is 304 g/mol. The third-order valence-electron chi connectivity index (χ3n) is 3.61. The van der Waals surface area contributed by atoms with Gasteiger partial charge in [-0.1, -0.05) is 13.3 Å². The van der Waals surface area contributed by atoms with Crippen LogP contribution in [-0.4, -0.2) is 17.7 Å². The van der Waals surface area contributed by atoms with E-state index in [0.29, 0.717) is 23.5 Å². The molecule has 0 radical (unpaired) electrons. The van der Waals surface area contributed by atoms with Crippen molar-refractivity contribution >= 4 is 16.9 Å². The number of hydrogen-bond donors (Lipinski definition) is 1. The number of rotatable bonds is 7. The van der Waals surface area contributed by atoms with Gasteiger partial charge in [0.15, 0.2) is 0 Å². The van der Waals surface area contributed by atoms with Gasteiger partial charge in [0, 0.05) is 23.4 Å². The lowest BCUT2D eigenvalue weighted by molar-refractivity contribution is -0.136. The van der Waals surface area contributed by atoms with Crippen molar-refractivity contribution in [1.29, 1.82) is 0 Å². The number of carboxylic acid groups (broad SMARTS) is 1. The summed E-state index contributed by atoms with van der Waals surface area (Å²) in [5, 5.41) is 9.57. The molecule has 22 heavy (non-hydrogen) atoms. The number of fused-ring (bicyclic) bond motifs is 1. The van der Waals surface area contributed by atoms with Crippen molar-refractivity contribution in [3.63, 3.8) is 0 Å². The van der Waals surface area contributed by atoms with Gasteiger partial charge < -0.3 is 14.3 Å². The van der Waals surface area contributed by atoms with Crippen molar-refractivity contribution in [2.24, 2.45) is 0 Å². The Kier molecular flexibility index (Phi) is 5.20. The number of aliphatic carboxylic acids is 1. The molecule has 1 aromatic heterocycles. The molecule has 0 aliphatic rings. The summed E-state index contributed by atoms with van der Waals surface area (Å²) < 4.78 is 10.9. The molecule has 0 saturated heterocycles. The first-order chi connectivity index (χ1) is 10.5. The molecule has 5 nitrogen and oxygen atoms in total. The van der Waals surface area contributed by atoms with Crippen LogP contribution in [0.1, 0.15) is 37.3 Å². The zero-order valence-electron chi connectivity index (χ0n) is 12.8. The van der Waals surface area contributed by atoms with E-state index < -0.39 is 11.6 Å². The van der Waals surface area contributed by atoms with Gasteiger partial charge in [0.05, 0.1) is 6.61 Å². The monoisotopic (exact) mass is 304 g/mol. The zero-order chi connectivity index (χ0) is 16.1. The first kappa shape index (κ1) is 16.1.